The Kier molecular flexibility index (Phi) is 5.43. The highest BCUT2D eigenvalue weighted by atomic mass is 32.2. The third-order valence-electron chi connectivity index (χ3n) is 6.06. The summed E-state index contributed by atoms with van der Waals surface area (Å²) in [5.41, 5.74) is 3.18. The van der Waals surface area contributed by atoms with Crippen LogP contribution in [0.3, 0.4) is 0 Å². The van der Waals surface area contributed by atoms with Crippen molar-refractivity contribution in [1.82, 2.24) is 20.1 Å². The molecule has 1 amide bonds. The molecule has 5 nitrogen and oxygen atoms in total. The molecule has 1 aliphatic carbocycles. The standard InChI is InChI=1S/C21H26N4OS/c1-14-16(15-8-4-3-5-9-15)12-18-19(23-24-21(22-18)27-2)13-17(14)20(26)25-10-6-7-11-25/h3-5,8-9,14,16-17H,6-7,10-13H2,1-2H3/t14-,16+,17+/m0/s1. The number of hydrogen-bond donors (Lipinski definition) is 0. The first-order valence-corrected chi connectivity index (χ1v) is 11.0. The lowest BCUT2D eigenvalue weighted by Gasteiger charge is -2.30. The van der Waals surface area contributed by atoms with Gasteiger partial charge in [-0.15, -0.1) is 5.10 Å². The second-order valence-corrected chi connectivity index (χ2v) is 8.39. The fourth-order valence-electron chi connectivity index (χ4n) is 4.45. The van der Waals surface area contributed by atoms with Crippen molar-refractivity contribution < 1.29 is 4.79 Å². The summed E-state index contributed by atoms with van der Waals surface area (Å²) >= 11 is 1.51. The van der Waals surface area contributed by atoms with Gasteiger partial charge in [0.1, 0.15) is 0 Å². The average molecular weight is 383 g/mol. The van der Waals surface area contributed by atoms with Crippen LogP contribution in [-0.4, -0.2) is 45.3 Å². The van der Waals surface area contributed by atoms with Crippen LogP contribution in [0.2, 0.25) is 0 Å². The number of nitrogens with zero attached hydrogens (tertiary/aromatic N) is 4. The number of benzene rings is 1. The molecule has 0 spiro atoms. The normalized spacial score (nSPS) is 25.1. The van der Waals surface area contributed by atoms with E-state index in [1.54, 1.807) is 0 Å². The van der Waals surface area contributed by atoms with Gasteiger partial charge in [0, 0.05) is 25.4 Å². The van der Waals surface area contributed by atoms with Crippen molar-refractivity contribution >= 4 is 17.7 Å². The Bertz CT molecular complexity index is 807. The van der Waals surface area contributed by atoms with Crippen molar-refractivity contribution in [1.29, 1.82) is 0 Å². The van der Waals surface area contributed by atoms with E-state index in [2.05, 4.69) is 41.4 Å². The van der Waals surface area contributed by atoms with Gasteiger partial charge in [0.2, 0.25) is 11.1 Å². The molecule has 0 radical (unpaired) electrons. The highest BCUT2D eigenvalue weighted by Crippen LogP contribution is 2.39. The van der Waals surface area contributed by atoms with Gasteiger partial charge in [-0.05, 0) is 42.9 Å². The number of aromatic nitrogens is 3. The zero-order valence-corrected chi connectivity index (χ0v) is 16.8. The molecule has 2 heterocycles. The van der Waals surface area contributed by atoms with Gasteiger partial charge in [-0.2, -0.15) is 5.10 Å². The predicted octanol–water partition coefficient (Wildman–Crippen LogP) is 3.35. The molecule has 0 N–H and O–H groups in total. The van der Waals surface area contributed by atoms with Crippen LogP contribution in [0.25, 0.3) is 0 Å². The number of carbonyl (C=O) groups is 1. The number of carbonyl (C=O) groups excluding carboxylic acids is 1. The van der Waals surface area contributed by atoms with Crippen LogP contribution >= 0.6 is 11.8 Å². The molecular weight excluding hydrogens is 356 g/mol. The first-order valence-electron chi connectivity index (χ1n) is 9.77. The molecule has 2 aliphatic rings. The topological polar surface area (TPSA) is 59.0 Å². The number of rotatable bonds is 3. The van der Waals surface area contributed by atoms with E-state index in [4.69, 9.17) is 4.98 Å². The quantitative estimate of drug-likeness (QED) is 0.602. The summed E-state index contributed by atoms with van der Waals surface area (Å²) in [4.78, 5) is 20.1. The fraction of sp³-hybridized carbons (Fsp3) is 0.524. The predicted molar refractivity (Wildman–Crippen MR) is 107 cm³/mol. The van der Waals surface area contributed by atoms with E-state index < -0.39 is 0 Å². The van der Waals surface area contributed by atoms with Crippen molar-refractivity contribution in [2.75, 3.05) is 19.3 Å². The molecule has 6 heteroatoms. The molecule has 1 aromatic heterocycles. The largest absolute Gasteiger partial charge is 0.342 e. The van der Waals surface area contributed by atoms with Gasteiger partial charge in [0.25, 0.3) is 0 Å². The van der Waals surface area contributed by atoms with Gasteiger partial charge in [-0.3, -0.25) is 4.79 Å². The molecule has 1 aliphatic heterocycles. The summed E-state index contributed by atoms with van der Waals surface area (Å²) in [6.45, 7) is 4.01. The highest BCUT2D eigenvalue weighted by Gasteiger charge is 2.39. The molecule has 27 heavy (non-hydrogen) atoms. The Morgan fingerprint density at radius 1 is 1.07 bits per heavy atom. The molecule has 142 valence electrons. The zero-order valence-electron chi connectivity index (χ0n) is 16.0. The maximum absolute atomic E-state index is 13.3. The minimum Gasteiger partial charge on any atom is -0.342 e. The lowest BCUT2D eigenvalue weighted by Crippen LogP contribution is -2.39. The Balaban J connectivity index is 1.73. The third-order valence-corrected chi connectivity index (χ3v) is 6.60. The third kappa shape index (κ3) is 3.72. The molecular formula is C21H26N4OS. The molecule has 3 atom stereocenters. The second kappa shape index (κ2) is 7.97. The SMILES string of the molecule is CSc1nnc2c(n1)C[C@@H](c1ccccc1)[C@H](C)[C@H](C(=O)N1CCCC1)C2. The van der Waals surface area contributed by atoms with Crippen molar-refractivity contribution in [2.45, 2.75) is 43.7 Å². The van der Waals surface area contributed by atoms with Gasteiger partial charge in [-0.25, -0.2) is 4.98 Å². The van der Waals surface area contributed by atoms with Gasteiger partial charge < -0.3 is 4.90 Å². The van der Waals surface area contributed by atoms with Gasteiger partial charge in [0.15, 0.2) is 0 Å². The van der Waals surface area contributed by atoms with Crippen LogP contribution in [0.1, 0.15) is 42.6 Å². The molecule has 0 saturated carbocycles. The summed E-state index contributed by atoms with van der Waals surface area (Å²) in [7, 11) is 0. The average Bonchev–Trinajstić information content (AvgIpc) is 3.20. The minimum absolute atomic E-state index is 0.0641. The van der Waals surface area contributed by atoms with Crippen LogP contribution in [0.4, 0.5) is 0 Å². The van der Waals surface area contributed by atoms with E-state index in [0.29, 0.717) is 11.6 Å². The number of hydrogen-bond acceptors (Lipinski definition) is 5. The summed E-state index contributed by atoms with van der Waals surface area (Å²) in [5.74, 6) is 0.708. The maximum Gasteiger partial charge on any atom is 0.226 e. The fourth-order valence-corrected chi connectivity index (χ4v) is 4.77. The molecule has 0 bridgehead atoms. The van der Waals surface area contributed by atoms with Crippen LogP contribution in [0.5, 0.6) is 0 Å². The van der Waals surface area contributed by atoms with E-state index in [1.807, 2.05) is 17.2 Å². The number of amides is 1. The van der Waals surface area contributed by atoms with E-state index >= 15 is 0 Å². The van der Waals surface area contributed by atoms with E-state index in [0.717, 1.165) is 43.7 Å². The monoisotopic (exact) mass is 382 g/mol. The Morgan fingerprint density at radius 2 is 1.81 bits per heavy atom. The van der Waals surface area contributed by atoms with E-state index in [1.165, 1.54) is 17.3 Å². The van der Waals surface area contributed by atoms with Crippen molar-refractivity contribution in [3.63, 3.8) is 0 Å². The van der Waals surface area contributed by atoms with Crippen molar-refractivity contribution in [3.05, 3.63) is 47.3 Å². The summed E-state index contributed by atoms with van der Waals surface area (Å²) in [5, 5.41) is 9.42. The van der Waals surface area contributed by atoms with Gasteiger partial charge >= 0.3 is 0 Å². The number of fused-ring (bicyclic) bond motifs is 1. The maximum atomic E-state index is 13.3. The summed E-state index contributed by atoms with van der Waals surface area (Å²) in [6.07, 6.45) is 5.66. The smallest absolute Gasteiger partial charge is 0.226 e. The van der Waals surface area contributed by atoms with Crippen LogP contribution in [-0.2, 0) is 17.6 Å². The Hall–Kier alpha value is -1.95. The molecule has 1 saturated heterocycles. The van der Waals surface area contributed by atoms with Gasteiger partial charge in [-0.1, -0.05) is 49.0 Å². The van der Waals surface area contributed by atoms with Crippen molar-refractivity contribution in [3.8, 4) is 0 Å². The van der Waals surface area contributed by atoms with Crippen LogP contribution in [0.15, 0.2) is 35.5 Å². The highest BCUT2D eigenvalue weighted by molar-refractivity contribution is 7.98. The molecule has 2 aromatic rings. The first kappa shape index (κ1) is 18.4. The first-order chi connectivity index (χ1) is 13.2. The lowest BCUT2D eigenvalue weighted by atomic mass is 9.77. The van der Waals surface area contributed by atoms with Gasteiger partial charge in [0.05, 0.1) is 11.4 Å². The zero-order chi connectivity index (χ0) is 18.8. The summed E-state index contributed by atoms with van der Waals surface area (Å²) in [6, 6.07) is 10.6. The van der Waals surface area contributed by atoms with E-state index in [9.17, 15) is 4.79 Å². The summed E-state index contributed by atoms with van der Waals surface area (Å²) < 4.78 is 0. The Labute approximate surface area is 165 Å². The second-order valence-electron chi connectivity index (χ2n) is 7.62. The number of likely N-dealkylation sites (tertiary alicyclic amines) is 1. The Morgan fingerprint density at radius 3 is 2.52 bits per heavy atom. The molecule has 1 fully saturated rings. The lowest BCUT2D eigenvalue weighted by molar-refractivity contribution is -0.136. The van der Waals surface area contributed by atoms with Crippen LogP contribution < -0.4 is 0 Å². The van der Waals surface area contributed by atoms with Crippen molar-refractivity contribution in [2.24, 2.45) is 11.8 Å². The van der Waals surface area contributed by atoms with Crippen LogP contribution in [0, 0.1) is 11.8 Å². The molecule has 4 rings (SSSR count). The molecule has 0 unspecified atom stereocenters. The number of thioether (sulfide) groups is 1. The minimum atomic E-state index is -0.0641. The molecule has 1 aromatic carbocycles. The van der Waals surface area contributed by atoms with E-state index in [-0.39, 0.29) is 23.7 Å².